The van der Waals surface area contributed by atoms with Gasteiger partial charge in [-0.25, -0.2) is 9.97 Å². The fraction of sp³-hybridized carbons (Fsp3) is 0.500. The quantitative estimate of drug-likeness (QED) is 0.636. The molecule has 0 amide bonds. The molecule has 1 saturated heterocycles. The highest BCUT2D eigenvalue weighted by atomic mass is 32.1. The van der Waals surface area contributed by atoms with Gasteiger partial charge in [0.15, 0.2) is 4.64 Å². The molecular formula is C10H12N4O3S. The summed E-state index contributed by atoms with van der Waals surface area (Å²) in [6.07, 6.45) is 1.38. The maximum Gasteiger partial charge on any atom is 0.157 e. The number of aromatic amines is 1. The molecule has 3 heterocycles. The van der Waals surface area contributed by atoms with Gasteiger partial charge in [-0.3, -0.25) is 4.57 Å². The lowest BCUT2D eigenvalue weighted by Crippen LogP contribution is -2.39. The molecule has 7 nitrogen and oxygen atoms in total. The van der Waals surface area contributed by atoms with Gasteiger partial charge in [-0.1, -0.05) is 12.2 Å². The summed E-state index contributed by atoms with van der Waals surface area (Å²) in [5.74, 6) is 0. The molecule has 3 atom stereocenters. The Morgan fingerprint density at radius 1 is 1.39 bits per heavy atom. The van der Waals surface area contributed by atoms with Crippen LogP contribution in [0.1, 0.15) is 12.6 Å². The average molecular weight is 268 g/mol. The number of ether oxygens (including phenoxy) is 1. The Labute approximate surface area is 107 Å². The number of aliphatic hydroxyl groups excluding tert-OH is 2. The molecule has 0 aromatic carbocycles. The Balaban J connectivity index is 2.00. The molecule has 96 valence electrons. The largest absolute Gasteiger partial charge is 0.390 e. The van der Waals surface area contributed by atoms with Crippen molar-refractivity contribution in [2.45, 2.75) is 24.9 Å². The van der Waals surface area contributed by atoms with Crippen LogP contribution in [0.3, 0.4) is 0 Å². The second-order valence-electron chi connectivity index (χ2n) is 4.22. The minimum Gasteiger partial charge on any atom is -0.390 e. The third-order valence-electron chi connectivity index (χ3n) is 3.04. The van der Waals surface area contributed by atoms with E-state index in [1.165, 1.54) is 6.33 Å². The zero-order valence-corrected chi connectivity index (χ0v) is 10.2. The van der Waals surface area contributed by atoms with Crippen molar-refractivity contribution in [3.8, 4) is 0 Å². The van der Waals surface area contributed by atoms with E-state index in [4.69, 9.17) is 17.0 Å². The number of H-pyrrole nitrogens is 1. The third kappa shape index (κ3) is 1.83. The molecule has 0 saturated carbocycles. The van der Waals surface area contributed by atoms with Crippen LogP contribution in [-0.2, 0) is 4.74 Å². The number of hydrogen-bond donors (Lipinski definition) is 3. The Morgan fingerprint density at radius 2 is 2.22 bits per heavy atom. The van der Waals surface area contributed by atoms with E-state index in [9.17, 15) is 10.2 Å². The highest BCUT2D eigenvalue weighted by Gasteiger charge is 2.30. The maximum absolute atomic E-state index is 9.67. The van der Waals surface area contributed by atoms with Crippen LogP contribution in [-0.4, -0.2) is 48.5 Å². The molecule has 0 bridgehead atoms. The van der Waals surface area contributed by atoms with E-state index < -0.39 is 12.2 Å². The molecule has 0 aliphatic carbocycles. The van der Waals surface area contributed by atoms with Crippen LogP contribution < -0.4 is 0 Å². The highest BCUT2D eigenvalue weighted by Crippen LogP contribution is 2.26. The number of fused-ring (bicyclic) bond motifs is 1. The van der Waals surface area contributed by atoms with Crippen LogP contribution in [0.5, 0.6) is 0 Å². The monoisotopic (exact) mass is 268 g/mol. The number of aliphatic hydroxyl groups is 2. The molecule has 1 fully saturated rings. The zero-order chi connectivity index (χ0) is 12.7. The molecule has 1 aliphatic rings. The first-order valence-electron chi connectivity index (χ1n) is 5.55. The number of nitrogens with zero attached hydrogens (tertiary/aromatic N) is 3. The van der Waals surface area contributed by atoms with Crippen LogP contribution >= 0.6 is 12.2 Å². The van der Waals surface area contributed by atoms with E-state index >= 15 is 0 Å². The van der Waals surface area contributed by atoms with Gasteiger partial charge in [-0.2, -0.15) is 0 Å². The van der Waals surface area contributed by atoms with Gasteiger partial charge in [0.05, 0.1) is 25.4 Å². The van der Waals surface area contributed by atoms with Crippen molar-refractivity contribution in [2.24, 2.45) is 0 Å². The lowest BCUT2D eigenvalue weighted by molar-refractivity contribution is -0.144. The lowest BCUT2D eigenvalue weighted by Gasteiger charge is -2.31. The Kier molecular flexibility index (Phi) is 2.86. The predicted octanol–water partition coefficient (Wildman–Crippen LogP) is 0.130. The van der Waals surface area contributed by atoms with Gasteiger partial charge in [0, 0.05) is 6.42 Å². The molecule has 0 spiro atoms. The molecular weight excluding hydrogens is 256 g/mol. The Morgan fingerprint density at radius 3 is 3.00 bits per heavy atom. The first-order chi connectivity index (χ1) is 8.66. The Bertz CT molecular complexity index is 625. The smallest absolute Gasteiger partial charge is 0.157 e. The summed E-state index contributed by atoms with van der Waals surface area (Å²) < 4.78 is 7.66. The van der Waals surface area contributed by atoms with Gasteiger partial charge >= 0.3 is 0 Å². The van der Waals surface area contributed by atoms with Gasteiger partial charge in [0.2, 0.25) is 0 Å². The summed E-state index contributed by atoms with van der Waals surface area (Å²) in [5.41, 5.74) is 1.29. The van der Waals surface area contributed by atoms with E-state index in [0.717, 1.165) is 0 Å². The van der Waals surface area contributed by atoms with Crippen molar-refractivity contribution >= 4 is 23.4 Å². The van der Waals surface area contributed by atoms with Crippen molar-refractivity contribution in [1.29, 1.82) is 0 Å². The van der Waals surface area contributed by atoms with Crippen molar-refractivity contribution < 1.29 is 14.9 Å². The second kappa shape index (κ2) is 4.39. The van der Waals surface area contributed by atoms with E-state index in [1.807, 2.05) is 0 Å². The van der Waals surface area contributed by atoms with Crippen LogP contribution in [0.2, 0.25) is 0 Å². The normalized spacial score (nSPS) is 28.7. The van der Waals surface area contributed by atoms with E-state index in [0.29, 0.717) is 22.2 Å². The molecule has 2 aromatic rings. The summed E-state index contributed by atoms with van der Waals surface area (Å²) in [6, 6.07) is 0. The molecule has 0 unspecified atom stereocenters. The molecule has 1 aliphatic heterocycles. The summed E-state index contributed by atoms with van der Waals surface area (Å²) in [7, 11) is 0. The average Bonchev–Trinajstić information content (AvgIpc) is 2.78. The molecule has 3 rings (SSSR count). The van der Waals surface area contributed by atoms with Crippen LogP contribution in [0, 0.1) is 4.64 Å². The first-order valence-corrected chi connectivity index (χ1v) is 5.95. The first kappa shape index (κ1) is 11.7. The third-order valence-corrected chi connectivity index (χ3v) is 3.34. The SMILES string of the molecule is O[C@@H]1CO[C@@H](n2cnc3c(=S)nc[nH]c32)C[C@@H]1O. The number of nitrogens with one attached hydrogen (secondary N) is 1. The predicted molar refractivity (Wildman–Crippen MR) is 64.3 cm³/mol. The molecule has 8 heteroatoms. The van der Waals surface area contributed by atoms with E-state index in [2.05, 4.69) is 15.0 Å². The lowest BCUT2D eigenvalue weighted by atomic mass is 10.1. The van der Waals surface area contributed by atoms with Crippen LogP contribution in [0.15, 0.2) is 12.7 Å². The fourth-order valence-electron chi connectivity index (χ4n) is 2.04. The Hall–Kier alpha value is -1.35. The summed E-state index contributed by atoms with van der Waals surface area (Å²) in [6.45, 7) is 0.0946. The van der Waals surface area contributed by atoms with Crippen molar-refractivity contribution in [3.63, 3.8) is 0 Å². The minimum atomic E-state index is -0.837. The number of aromatic nitrogens is 4. The maximum atomic E-state index is 9.67. The van der Waals surface area contributed by atoms with Crippen molar-refractivity contribution in [2.75, 3.05) is 6.61 Å². The molecule has 2 aromatic heterocycles. The van der Waals surface area contributed by atoms with Gasteiger partial charge in [0.1, 0.15) is 23.5 Å². The van der Waals surface area contributed by atoms with Crippen molar-refractivity contribution in [3.05, 3.63) is 17.3 Å². The zero-order valence-electron chi connectivity index (χ0n) is 9.35. The number of imidazole rings is 1. The van der Waals surface area contributed by atoms with Gasteiger partial charge < -0.3 is 19.9 Å². The van der Waals surface area contributed by atoms with Gasteiger partial charge in [0.25, 0.3) is 0 Å². The standard InChI is InChI=1S/C10H12N4O3S/c15-5-1-7(17-2-6(5)16)14-4-13-8-9(14)11-3-12-10(8)18/h3-7,15-16H,1-2H2,(H,11,12,18)/t5-,6+,7+/m0/s1. The summed E-state index contributed by atoms with van der Waals surface area (Å²) in [5, 5.41) is 19.1. The van der Waals surface area contributed by atoms with Gasteiger partial charge in [-0.05, 0) is 0 Å². The number of rotatable bonds is 1. The molecule has 3 N–H and O–H groups in total. The number of hydrogen-bond acceptors (Lipinski definition) is 6. The van der Waals surface area contributed by atoms with E-state index in [-0.39, 0.29) is 12.8 Å². The minimum absolute atomic E-state index is 0.0946. The molecule has 0 radical (unpaired) electrons. The second-order valence-corrected chi connectivity index (χ2v) is 4.60. The van der Waals surface area contributed by atoms with Gasteiger partial charge in [-0.15, -0.1) is 0 Å². The summed E-state index contributed by atoms with van der Waals surface area (Å²) in [4.78, 5) is 11.1. The van der Waals surface area contributed by atoms with Crippen molar-refractivity contribution in [1.82, 2.24) is 19.5 Å². The van der Waals surface area contributed by atoms with Crippen LogP contribution in [0.4, 0.5) is 0 Å². The molecule has 18 heavy (non-hydrogen) atoms. The van der Waals surface area contributed by atoms with E-state index in [1.54, 1.807) is 10.9 Å². The fourth-order valence-corrected chi connectivity index (χ4v) is 2.24. The highest BCUT2D eigenvalue weighted by molar-refractivity contribution is 7.71. The summed E-state index contributed by atoms with van der Waals surface area (Å²) >= 11 is 5.07. The van der Waals surface area contributed by atoms with Crippen LogP contribution in [0.25, 0.3) is 11.2 Å². The topological polar surface area (TPSA) is 96.2 Å².